The van der Waals surface area contributed by atoms with Crippen LogP contribution in [-0.4, -0.2) is 49.9 Å². The van der Waals surface area contributed by atoms with Crippen molar-refractivity contribution >= 4 is 22.7 Å². The van der Waals surface area contributed by atoms with Crippen molar-refractivity contribution in [3.05, 3.63) is 30.5 Å². The van der Waals surface area contributed by atoms with Gasteiger partial charge in [0.05, 0.1) is 19.3 Å². The quantitative estimate of drug-likeness (QED) is 0.673. The van der Waals surface area contributed by atoms with Gasteiger partial charge in [-0.05, 0) is 18.9 Å². The molecule has 4 rings (SSSR count). The number of thioether (sulfide) groups is 1. The zero-order valence-electron chi connectivity index (χ0n) is 13.3. The van der Waals surface area contributed by atoms with Crippen molar-refractivity contribution in [1.29, 1.82) is 0 Å². The van der Waals surface area contributed by atoms with Crippen molar-refractivity contribution in [2.45, 2.75) is 30.6 Å². The van der Waals surface area contributed by atoms with Crippen LogP contribution in [0.2, 0.25) is 0 Å². The molecule has 2 aromatic heterocycles. The number of aliphatic hydroxyl groups excluding tert-OH is 1. The number of H-pyrrole nitrogens is 1. The van der Waals surface area contributed by atoms with Crippen LogP contribution < -0.4 is 0 Å². The van der Waals surface area contributed by atoms with Crippen LogP contribution in [0.3, 0.4) is 0 Å². The Kier molecular flexibility index (Phi) is 4.55. The number of aromatic amines is 1. The fraction of sp³-hybridized carbons (Fsp3) is 0.412. The van der Waals surface area contributed by atoms with Crippen LogP contribution in [0, 0.1) is 0 Å². The molecule has 7 heteroatoms. The number of benzene rings is 1. The second kappa shape index (κ2) is 6.96. The Morgan fingerprint density at radius 3 is 3.08 bits per heavy atom. The lowest BCUT2D eigenvalue weighted by atomic mass is 10.1. The molecule has 0 spiro atoms. The summed E-state index contributed by atoms with van der Waals surface area (Å²) in [5.41, 5.74) is 2.13. The van der Waals surface area contributed by atoms with E-state index in [4.69, 9.17) is 9.84 Å². The van der Waals surface area contributed by atoms with Gasteiger partial charge in [0, 0.05) is 35.0 Å². The predicted octanol–water partition coefficient (Wildman–Crippen LogP) is 2.69. The number of para-hydroxylation sites is 1. The number of ether oxygens (including phenoxy) is 1. The SMILES string of the molecule is OCCSc1nnc(-c2c[nH]c3ccccc23)n1CC1CCCO1. The summed E-state index contributed by atoms with van der Waals surface area (Å²) in [5, 5.41) is 19.9. The van der Waals surface area contributed by atoms with Crippen LogP contribution in [0.25, 0.3) is 22.3 Å². The maximum absolute atomic E-state index is 9.13. The van der Waals surface area contributed by atoms with E-state index >= 15 is 0 Å². The average Bonchev–Trinajstić information content (AvgIpc) is 3.33. The summed E-state index contributed by atoms with van der Waals surface area (Å²) in [7, 11) is 0. The Morgan fingerprint density at radius 1 is 1.33 bits per heavy atom. The lowest BCUT2D eigenvalue weighted by Gasteiger charge is -2.14. The smallest absolute Gasteiger partial charge is 0.191 e. The molecule has 0 radical (unpaired) electrons. The first kappa shape index (κ1) is 15.7. The number of aliphatic hydroxyl groups is 1. The third kappa shape index (κ3) is 2.94. The molecule has 1 saturated heterocycles. The van der Waals surface area contributed by atoms with Crippen LogP contribution in [0.15, 0.2) is 35.6 Å². The van der Waals surface area contributed by atoms with Crippen molar-refractivity contribution < 1.29 is 9.84 Å². The molecule has 126 valence electrons. The summed E-state index contributed by atoms with van der Waals surface area (Å²) in [4.78, 5) is 3.30. The lowest BCUT2D eigenvalue weighted by Crippen LogP contribution is -2.16. The van der Waals surface area contributed by atoms with Gasteiger partial charge in [0.15, 0.2) is 11.0 Å². The van der Waals surface area contributed by atoms with Gasteiger partial charge >= 0.3 is 0 Å². The van der Waals surface area contributed by atoms with E-state index < -0.39 is 0 Å². The first-order chi connectivity index (χ1) is 11.9. The number of fused-ring (bicyclic) bond motifs is 1. The van der Waals surface area contributed by atoms with E-state index in [1.54, 1.807) is 0 Å². The molecule has 1 aliphatic rings. The second-order valence-electron chi connectivity index (χ2n) is 5.87. The minimum Gasteiger partial charge on any atom is -0.396 e. The fourth-order valence-corrected chi connectivity index (χ4v) is 3.83. The van der Waals surface area contributed by atoms with E-state index in [2.05, 4.69) is 31.9 Å². The van der Waals surface area contributed by atoms with Crippen LogP contribution >= 0.6 is 11.8 Å². The molecule has 1 atom stereocenters. The highest BCUT2D eigenvalue weighted by Gasteiger charge is 2.22. The number of hydrogen-bond acceptors (Lipinski definition) is 5. The maximum atomic E-state index is 9.13. The molecule has 24 heavy (non-hydrogen) atoms. The summed E-state index contributed by atoms with van der Waals surface area (Å²) in [6, 6.07) is 8.19. The Labute approximate surface area is 144 Å². The fourth-order valence-electron chi connectivity index (χ4n) is 3.14. The predicted molar refractivity (Wildman–Crippen MR) is 94.1 cm³/mol. The molecule has 0 saturated carbocycles. The first-order valence-corrected chi connectivity index (χ1v) is 9.20. The summed E-state index contributed by atoms with van der Waals surface area (Å²) < 4.78 is 7.93. The molecule has 6 nitrogen and oxygen atoms in total. The number of aromatic nitrogens is 4. The summed E-state index contributed by atoms with van der Waals surface area (Å²) in [6.45, 7) is 1.70. The molecule has 1 fully saturated rings. The summed E-state index contributed by atoms with van der Waals surface area (Å²) in [5.74, 6) is 1.46. The zero-order valence-corrected chi connectivity index (χ0v) is 14.1. The zero-order chi connectivity index (χ0) is 16.4. The molecule has 3 heterocycles. The normalized spacial score (nSPS) is 17.8. The van der Waals surface area contributed by atoms with Gasteiger partial charge < -0.3 is 14.8 Å². The molecular formula is C17H20N4O2S. The van der Waals surface area contributed by atoms with Gasteiger partial charge in [-0.25, -0.2) is 0 Å². The van der Waals surface area contributed by atoms with Gasteiger partial charge in [0.1, 0.15) is 0 Å². The van der Waals surface area contributed by atoms with E-state index in [-0.39, 0.29) is 12.7 Å². The van der Waals surface area contributed by atoms with Crippen LogP contribution in [0.4, 0.5) is 0 Å². The Balaban J connectivity index is 1.74. The Morgan fingerprint density at radius 2 is 2.25 bits per heavy atom. The van der Waals surface area contributed by atoms with Crippen molar-refractivity contribution in [2.24, 2.45) is 0 Å². The third-order valence-corrected chi connectivity index (χ3v) is 5.23. The molecule has 0 bridgehead atoms. The topological polar surface area (TPSA) is 76.0 Å². The van der Waals surface area contributed by atoms with E-state index in [9.17, 15) is 0 Å². The monoisotopic (exact) mass is 344 g/mol. The van der Waals surface area contributed by atoms with E-state index in [0.717, 1.165) is 53.4 Å². The lowest BCUT2D eigenvalue weighted by molar-refractivity contribution is 0.0953. The van der Waals surface area contributed by atoms with Gasteiger partial charge in [-0.3, -0.25) is 4.57 Å². The third-order valence-electron chi connectivity index (χ3n) is 4.28. The standard InChI is InChI=1S/C17H20N4O2S/c22-7-9-24-17-20-19-16(21(17)11-12-4-3-8-23-12)14-10-18-15-6-2-1-5-13(14)15/h1-2,5-6,10,12,18,22H,3-4,7-9,11H2. The molecular weight excluding hydrogens is 324 g/mol. The van der Waals surface area contributed by atoms with E-state index in [0.29, 0.717) is 5.75 Å². The highest BCUT2D eigenvalue weighted by molar-refractivity contribution is 7.99. The molecule has 3 aromatic rings. The van der Waals surface area contributed by atoms with E-state index in [1.165, 1.54) is 11.8 Å². The number of nitrogens with zero attached hydrogens (tertiary/aromatic N) is 3. The highest BCUT2D eigenvalue weighted by atomic mass is 32.2. The Bertz CT molecular complexity index is 823. The largest absolute Gasteiger partial charge is 0.396 e. The van der Waals surface area contributed by atoms with Gasteiger partial charge in [-0.15, -0.1) is 10.2 Å². The number of rotatable bonds is 6. The molecule has 1 aliphatic heterocycles. The second-order valence-corrected chi connectivity index (χ2v) is 6.93. The highest BCUT2D eigenvalue weighted by Crippen LogP contribution is 2.31. The minimum absolute atomic E-state index is 0.125. The number of nitrogens with one attached hydrogen (secondary N) is 1. The molecule has 0 aliphatic carbocycles. The van der Waals surface area contributed by atoms with Gasteiger partial charge in [0.25, 0.3) is 0 Å². The Hall–Kier alpha value is -1.83. The van der Waals surface area contributed by atoms with Crippen molar-refractivity contribution in [3.8, 4) is 11.4 Å². The average molecular weight is 344 g/mol. The van der Waals surface area contributed by atoms with Gasteiger partial charge in [-0.1, -0.05) is 30.0 Å². The summed E-state index contributed by atoms with van der Waals surface area (Å²) in [6.07, 6.45) is 4.36. The maximum Gasteiger partial charge on any atom is 0.191 e. The molecule has 2 N–H and O–H groups in total. The first-order valence-electron chi connectivity index (χ1n) is 8.22. The number of hydrogen-bond donors (Lipinski definition) is 2. The molecule has 1 unspecified atom stereocenters. The van der Waals surface area contributed by atoms with Gasteiger partial charge in [0.2, 0.25) is 0 Å². The summed E-state index contributed by atoms with van der Waals surface area (Å²) >= 11 is 1.53. The van der Waals surface area contributed by atoms with Crippen LogP contribution in [0.5, 0.6) is 0 Å². The minimum atomic E-state index is 0.125. The molecule has 0 amide bonds. The van der Waals surface area contributed by atoms with Crippen molar-refractivity contribution in [2.75, 3.05) is 19.0 Å². The van der Waals surface area contributed by atoms with Crippen molar-refractivity contribution in [1.82, 2.24) is 19.7 Å². The molecule has 1 aromatic carbocycles. The van der Waals surface area contributed by atoms with Crippen molar-refractivity contribution in [3.63, 3.8) is 0 Å². The van der Waals surface area contributed by atoms with Gasteiger partial charge in [-0.2, -0.15) is 0 Å². The van der Waals surface area contributed by atoms with Crippen LogP contribution in [0.1, 0.15) is 12.8 Å². The van der Waals surface area contributed by atoms with E-state index in [1.807, 2.05) is 18.3 Å². The van der Waals surface area contributed by atoms with Crippen LogP contribution in [-0.2, 0) is 11.3 Å².